The first-order chi connectivity index (χ1) is 12.0. The van der Waals surface area contributed by atoms with E-state index in [0.717, 1.165) is 4.90 Å². The van der Waals surface area contributed by atoms with Crippen LogP contribution in [0.5, 0.6) is 5.75 Å². The van der Waals surface area contributed by atoms with Crippen LogP contribution in [0.4, 0.5) is 14.5 Å². The minimum Gasteiger partial charge on any atom is -0.423 e. The third-order valence-corrected chi connectivity index (χ3v) is 4.13. The van der Waals surface area contributed by atoms with Crippen LogP contribution < -0.4 is 9.64 Å². The average molecular weight is 345 g/mol. The number of aryl methyl sites for hydroxylation is 1. The van der Waals surface area contributed by atoms with E-state index in [1.807, 2.05) is 6.92 Å². The molecule has 0 saturated carbocycles. The van der Waals surface area contributed by atoms with Crippen LogP contribution in [-0.2, 0) is 17.8 Å². The first-order valence-electron chi connectivity index (χ1n) is 7.71. The SMILES string of the molecule is CCc1cccc2c1OC(F)(F)C(=O)N2Cc1ccc2nonc2c1. The van der Waals surface area contributed by atoms with E-state index in [2.05, 4.69) is 14.9 Å². The smallest absolute Gasteiger partial charge is 0.423 e. The van der Waals surface area contributed by atoms with Crippen molar-refractivity contribution < 1.29 is 22.9 Å². The number of anilines is 1. The zero-order valence-electron chi connectivity index (χ0n) is 13.2. The molecule has 2 heterocycles. The van der Waals surface area contributed by atoms with Gasteiger partial charge in [0.15, 0.2) is 5.75 Å². The molecule has 0 radical (unpaired) electrons. The Morgan fingerprint density at radius 3 is 2.76 bits per heavy atom. The van der Waals surface area contributed by atoms with Crippen molar-refractivity contribution >= 4 is 22.6 Å². The molecule has 3 aromatic rings. The maximum absolute atomic E-state index is 14.1. The second-order valence-corrected chi connectivity index (χ2v) is 5.72. The highest BCUT2D eigenvalue weighted by atomic mass is 19.3. The fourth-order valence-electron chi connectivity index (χ4n) is 2.88. The highest BCUT2D eigenvalue weighted by Crippen LogP contribution is 2.42. The number of hydrogen-bond acceptors (Lipinski definition) is 5. The Labute approximate surface area is 140 Å². The number of rotatable bonds is 3. The molecule has 0 saturated heterocycles. The van der Waals surface area contributed by atoms with E-state index in [-0.39, 0.29) is 12.3 Å². The van der Waals surface area contributed by atoms with Gasteiger partial charge in [-0.1, -0.05) is 25.1 Å². The Bertz CT molecular complexity index is 971. The molecule has 6 nitrogen and oxygen atoms in total. The highest BCUT2D eigenvalue weighted by Gasteiger charge is 2.51. The van der Waals surface area contributed by atoms with Crippen molar-refractivity contribution in [3.8, 4) is 5.75 Å². The summed E-state index contributed by atoms with van der Waals surface area (Å²) in [7, 11) is 0. The summed E-state index contributed by atoms with van der Waals surface area (Å²) in [6.07, 6.45) is -3.39. The molecule has 1 aromatic heterocycles. The maximum Gasteiger partial charge on any atom is 0.483 e. The van der Waals surface area contributed by atoms with E-state index in [0.29, 0.717) is 34.3 Å². The standard InChI is InChI=1S/C17H13F2N3O3/c1-2-11-4-3-5-14-15(11)24-17(18,19)16(23)22(14)9-10-6-7-12-13(8-10)21-25-20-12/h3-8H,2,9H2,1H3. The van der Waals surface area contributed by atoms with Gasteiger partial charge in [0.1, 0.15) is 11.0 Å². The average Bonchev–Trinajstić information content (AvgIpc) is 3.06. The molecule has 25 heavy (non-hydrogen) atoms. The predicted octanol–water partition coefficient (Wildman–Crippen LogP) is 3.30. The topological polar surface area (TPSA) is 68.5 Å². The molecule has 0 atom stereocenters. The molecule has 1 aliphatic heterocycles. The third-order valence-electron chi connectivity index (χ3n) is 4.13. The zero-order valence-corrected chi connectivity index (χ0v) is 13.2. The molecule has 0 fully saturated rings. The number of aromatic nitrogens is 2. The van der Waals surface area contributed by atoms with Crippen LogP contribution in [-0.4, -0.2) is 22.3 Å². The maximum atomic E-state index is 14.1. The first-order valence-corrected chi connectivity index (χ1v) is 7.71. The highest BCUT2D eigenvalue weighted by molar-refractivity contribution is 6.01. The third kappa shape index (κ3) is 2.50. The summed E-state index contributed by atoms with van der Waals surface area (Å²) in [4.78, 5) is 13.3. The Kier molecular flexibility index (Phi) is 3.41. The summed E-state index contributed by atoms with van der Waals surface area (Å²) in [6.45, 7) is 1.80. The van der Waals surface area contributed by atoms with Crippen molar-refractivity contribution in [2.75, 3.05) is 4.90 Å². The molecule has 0 N–H and O–H groups in total. The number of hydrogen-bond donors (Lipinski definition) is 0. The van der Waals surface area contributed by atoms with Gasteiger partial charge >= 0.3 is 12.0 Å². The van der Waals surface area contributed by atoms with Gasteiger partial charge in [0.05, 0.1) is 12.2 Å². The monoisotopic (exact) mass is 345 g/mol. The molecule has 1 amide bonds. The molecule has 0 aliphatic carbocycles. The number of benzene rings is 2. The normalized spacial score (nSPS) is 16.0. The summed E-state index contributed by atoms with van der Waals surface area (Å²) in [6, 6.07) is 10.0. The lowest BCUT2D eigenvalue weighted by Gasteiger charge is -2.34. The van der Waals surface area contributed by atoms with Crippen molar-refractivity contribution in [3.05, 3.63) is 47.5 Å². The van der Waals surface area contributed by atoms with Gasteiger partial charge < -0.3 is 4.74 Å². The summed E-state index contributed by atoms with van der Waals surface area (Å²) < 4.78 is 37.5. The summed E-state index contributed by atoms with van der Waals surface area (Å²) in [5.41, 5.74) is 2.62. The van der Waals surface area contributed by atoms with E-state index >= 15 is 0 Å². The fraction of sp³-hybridized carbons (Fsp3) is 0.235. The molecule has 0 spiro atoms. The molecular formula is C17H13F2N3O3. The Hall–Kier alpha value is -3.03. The lowest BCUT2D eigenvalue weighted by molar-refractivity contribution is -0.193. The number of ether oxygens (including phenoxy) is 1. The molecule has 128 valence electrons. The van der Waals surface area contributed by atoms with Crippen LogP contribution in [0, 0.1) is 0 Å². The number of para-hydroxylation sites is 1. The van der Waals surface area contributed by atoms with Crippen LogP contribution in [0.25, 0.3) is 11.0 Å². The van der Waals surface area contributed by atoms with Gasteiger partial charge in [-0.05, 0) is 46.1 Å². The zero-order chi connectivity index (χ0) is 17.6. The first kappa shape index (κ1) is 15.5. The number of amides is 1. The van der Waals surface area contributed by atoms with E-state index < -0.39 is 12.0 Å². The van der Waals surface area contributed by atoms with Crippen molar-refractivity contribution in [3.63, 3.8) is 0 Å². The van der Waals surface area contributed by atoms with Gasteiger partial charge in [-0.3, -0.25) is 9.69 Å². The molecule has 2 aromatic carbocycles. The largest absolute Gasteiger partial charge is 0.483 e. The van der Waals surface area contributed by atoms with Crippen LogP contribution >= 0.6 is 0 Å². The van der Waals surface area contributed by atoms with Crippen molar-refractivity contribution in [1.82, 2.24) is 10.3 Å². The van der Waals surface area contributed by atoms with Crippen LogP contribution in [0.15, 0.2) is 41.0 Å². The predicted molar refractivity (Wildman–Crippen MR) is 84.4 cm³/mol. The van der Waals surface area contributed by atoms with Gasteiger partial charge in [-0.15, -0.1) is 0 Å². The van der Waals surface area contributed by atoms with Crippen molar-refractivity contribution in [2.45, 2.75) is 26.0 Å². The van der Waals surface area contributed by atoms with Crippen molar-refractivity contribution in [1.29, 1.82) is 0 Å². The lowest BCUT2D eigenvalue weighted by atomic mass is 10.1. The number of nitrogens with zero attached hydrogens (tertiary/aromatic N) is 3. The van der Waals surface area contributed by atoms with E-state index in [9.17, 15) is 13.6 Å². The summed E-state index contributed by atoms with van der Waals surface area (Å²) >= 11 is 0. The minimum atomic E-state index is -3.90. The Morgan fingerprint density at radius 2 is 1.96 bits per heavy atom. The van der Waals surface area contributed by atoms with Gasteiger partial charge in [0, 0.05) is 0 Å². The summed E-state index contributed by atoms with van der Waals surface area (Å²) in [5.74, 6) is -1.36. The number of halogens is 2. The van der Waals surface area contributed by atoms with Crippen LogP contribution in [0.3, 0.4) is 0 Å². The number of carbonyl (C=O) groups excluding carboxylic acids is 1. The van der Waals surface area contributed by atoms with E-state index in [1.165, 1.54) is 0 Å². The molecule has 8 heteroatoms. The van der Waals surface area contributed by atoms with Gasteiger partial charge in [0.25, 0.3) is 0 Å². The second-order valence-electron chi connectivity index (χ2n) is 5.72. The van der Waals surface area contributed by atoms with Crippen LogP contribution in [0.2, 0.25) is 0 Å². The van der Waals surface area contributed by atoms with E-state index in [1.54, 1.807) is 36.4 Å². The number of fused-ring (bicyclic) bond motifs is 2. The molecule has 0 unspecified atom stereocenters. The Balaban J connectivity index is 1.78. The lowest BCUT2D eigenvalue weighted by Crippen LogP contribution is -2.50. The van der Waals surface area contributed by atoms with Gasteiger partial charge in [-0.2, -0.15) is 8.78 Å². The minimum absolute atomic E-state index is 0.0405. The number of carbonyl (C=O) groups is 1. The van der Waals surface area contributed by atoms with Crippen LogP contribution in [0.1, 0.15) is 18.1 Å². The molecular weight excluding hydrogens is 332 g/mol. The van der Waals surface area contributed by atoms with Crippen molar-refractivity contribution in [2.24, 2.45) is 0 Å². The van der Waals surface area contributed by atoms with Gasteiger partial charge in [0.2, 0.25) is 0 Å². The molecule has 1 aliphatic rings. The Morgan fingerprint density at radius 1 is 1.16 bits per heavy atom. The fourth-order valence-corrected chi connectivity index (χ4v) is 2.88. The quantitative estimate of drug-likeness (QED) is 0.728. The molecule has 4 rings (SSSR count). The molecule has 0 bridgehead atoms. The summed E-state index contributed by atoms with van der Waals surface area (Å²) in [5, 5.41) is 7.43. The van der Waals surface area contributed by atoms with E-state index in [4.69, 9.17) is 4.74 Å². The van der Waals surface area contributed by atoms with Gasteiger partial charge in [-0.25, -0.2) is 4.63 Å². The second kappa shape index (κ2) is 5.51. The number of alkyl halides is 2.